The van der Waals surface area contributed by atoms with Crippen LogP contribution in [0.15, 0.2) is 79.5 Å². The number of rotatable bonds is 7. The molecule has 0 fully saturated rings. The van der Waals surface area contributed by atoms with Crippen molar-refractivity contribution in [2.45, 2.75) is 19.9 Å². The van der Waals surface area contributed by atoms with Gasteiger partial charge in [-0.3, -0.25) is 9.97 Å². The Labute approximate surface area is 202 Å². The summed E-state index contributed by atoms with van der Waals surface area (Å²) in [5.74, 6) is 0.861. The first-order valence-corrected chi connectivity index (χ1v) is 11.6. The molecule has 0 aliphatic heterocycles. The number of pyridine rings is 3. The second kappa shape index (κ2) is 9.08. The van der Waals surface area contributed by atoms with E-state index in [1.807, 2.05) is 61.9 Å². The van der Waals surface area contributed by atoms with Crippen LogP contribution in [0, 0.1) is 6.92 Å². The first-order chi connectivity index (χ1) is 17.2. The molecule has 2 N–H and O–H groups in total. The van der Waals surface area contributed by atoms with E-state index in [1.54, 1.807) is 10.8 Å². The Bertz CT molecular complexity index is 1630. The van der Waals surface area contributed by atoms with E-state index in [4.69, 9.17) is 9.97 Å². The van der Waals surface area contributed by atoms with Gasteiger partial charge in [0, 0.05) is 35.2 Å². The molecule has 172 valence electrons. The maximum atomic E-state index is 4.92. The van der Waals surface area contributed by atoms with Gasteiger partial charge >= 0.3 is 0 Å². The Balaban J connectivity index is 1.23. The Kier molecular flexibility index (Phi) is 5.48. The molecule has 0 radical (unpaired) electrons. The van der Waals surface area contributed by atoms with Gasteiger partial charge in [0.15, 0.2) is 5.65 Å². The van der Waals surface area contributed by atoms with Crippen LogP contribution in [0.5, 0.6) is 0 Å². The normalized spacial score (nSPS) is 11.5. The molecule has 0 saturated heterocycles. The van der Waals surface area contributed by atoms with Gasteiger partial charge in [-0.15, -0.1) is 0 Å². The summed E-state index contributed by atoms with van der Waals surface area (Å²) in [7, 11) is 0. The molecule has 5 heterocycles. The Morgan fingerprint density at radius 3 is 2.91 bits per heavy atom. The molecule has 5 aromatic heterocycles. The number of hydrogen-bond donors (Lipinski definition) is 2. The quantitative estimate of drug-likeness (QED) is 0.344. The van der Waals surface area contributed by atoms with E-state index in [2.05, 4.69) is 43.6 Å². The third kappa shape index (κ3) is 4.39. The van der Waals surface area contributed by atoms with Crippen molar-refractivity contribution in [1.82, 2.24) is 39.9 Å². The molecule has 6 aromatic rings. The molecule has 8 nitrogen and oxygen atoms in total. The lowest BCUT2D eigenvalue weighted by molar-refractivity contribution is 0.665. The topological polar surface area (TPSA) is 96.7 Å². The highest BCUT2D eigenvalue weighted by molar-refractivity contribution is 5.82. The van der Waals surface area contributed by atoms with Crippen LogP contribution in [0.25, 0.3) is 39.1 Å². The highest BCUT2D eigenvalue weighted by atomic mass is 15.3. The molecule has 0 aliphatic carbocycles. The lowest BCUT2D eigenvalue weighted by Gasteiger charge is -2.05. The zero-order valence-electron chi connectivity index (χ0n) is 19.3. The number of nitrogens with one attached hydrogen (secondary N) is 2. The molecule has 0 saturated carbocycles. The van der Waals surface area contributed by atoms with Gasteiger partial charge in [-0.25, -0.2) is 14.5 Å². The number of aromatic amines is 1. The summed E-state index contributed by atoms with van der Waals surface area (Å²) in [4.78, 5) is 21.6. The standard InChI is InChI=1S/C27H24N8/c1-18-3-2-4-23(32-18)27-26(21-7-8-25-30-17-31-35(25)16-21)33-24(34-27)15-29-11-9-19-5-6-20-10-12-28-14-22(20)13-19/h2-8,10,12-14,16-17,29H,9,11,15H2,1H3,(H,33,34). The van der Waals surface area contributed by atoms with Crippen LogP contribution < -0.4 is 5.32 Å². The summed E-state index contributed by atoms with van der Waals surface area (Å²) in [5.41, 5.74) is 6.59. The minimum atomic E-state index is 0.625. The van der Waals surface area contributed by atoms with Crippen LogP contribution >= 0.6 is 0 Å². The van der Waals surface area contributed by atoms with E-state index in [-0.39, 0.29) is 0 Å². The van der Waals surface area contributed by atoms with Crippen LogP contribution in [0.3, 0.4) is 0 Å². The fraction of sp³-hybridized carbons (Fsp3) is 0.148. The van der Waals surface area contributed by atoms with Crippen molar-refractivity contribution in [3.8, 4) is 22.6 Å². The summed E-state index contributed by atoms with van der Waals surface area (Å²) < 4.78 is 1.76. The van der Waals surface area contributed by atoms with E-state index in [0.717, 1.165) is 52.8 Å². The molecule has 6 rings (SSSR count). The zero-order chi connectivity index (χ0) is 23.6. The van der Waals surface area contributed by atoms with E-state index in [0.29, 0.717) is 6.54 Å². The Morgan fingerprint density at radius 1 is 1.00 bits per heavy atom. The minimum absolute atomic E-state index is 0.625. The van der Waals surface area contributed by atoms with E-state index >= 15 is 0 Å². The van der Waals surface area contributed by atoms with Gasteiger partial charge < -0.3 is 10.3 Å². The number of imidazole rings is 1. The number of aromatic nitrogens is 7. The molecule has 0 unspecified atom stereocenters. The van der Waals surface area contributed by atoms with Crippen LogP contribution in [0.4, 0.5) is 0 Å². The molecular formula is C27H24N8. The second-order valence-electron chi connectivity index (χ2n) is 8.54. The number of hydrogen-bond acceptors (Lipinski definition) is 6. The summed E-state index contributed by atoms with van der Waals surface area (Å²) >= 11 is 0. The predicted octanol–water partition coefficient (Wildman–Crippen LogP) is 4.37. The fourth-order valence-electron chi connectivity index (χ4n) is 4.27. The van der Waals surface area contributed by atoms with Crippen LogP contribution in [0.2, 0.25) is 0 Å². The lowest BCUT2D eigenvalue weighted by Crippen LogP contribution is -2.17. The maximum Gasteiger partial charge on any atom is 0.155 e. The van der Waals surface area contributed by atoms with Gasteiger partial charge in [-0.05, 0) is 67.2 Å². The minimum Gasteiger partial charge on any atom is -0.340 e. The van der Waals surface area contributed by atoms with Gasteiger partial charge in [0.05, 0.1) is 17.9 Å². The molecular weight excluding hydrogens is 436 g/mol. The van der Waals surface area contributed by atoms with Crippen molar-refractivity contribution in [3.63, 3.8) is 0 Å². The van der Waals surface area contributed by atoms with Gasteiger partial charge in [0.25, 0.3) is 0 Å². The van der Waals surface area contributed by atoms with Crippen molar-refractivity contribution >= 4 is 16.4 Å². The van der Waals surface area contributed by atoms with E-state index in [9.17, 15) is 0 Å². The van der Waals surface area contributed by atoms with Crippen LogP contribution in [0.1, 0.15) is 17.1 Å². The third-order valence-electron chi connectivity index (χ3n) is 6.03. The second-order valence-corrected chi connectivity index (χ2v) is 8.54. The molecule has 0 amide bonds. The van der Waals surface area contributed by atoms with Crippen molar-refractivity contribution in [2.24, 2.45) is 0 Å². The first-order valence-electron chi connectivity index (χ1n) is 11.6. The molecule has 0 aliphatic rings. The molecule has 8 heteroatoms. The Morgan fingerprint density at radius 2 is 1.97 bits per heavy atom. The van der Waals surface area contributed by atoms with Crippen molar-refractivity contribution in [1.29, 1.82) is 0 Å². The van der Waals surface area contributed by atoms with Gasteiger partial charge in [0.2, 0.25) is 0 Å². The van der Waals surface area contributed by atoms with Crippen LogP contribution in [-0.2, 0) is 13.0 Å². The van der Waals surface area contributed by atoms with Crippen molar-refractivity contribution < 1.29 is 0 Å². The highest BCUT2D eigenvalue weighted by Crippen LogP contribution is 2.29. The monoisotopic (exact) mass is 460 g/mol. The SMILES string of the molecule is Cc1cccc(-c2nc(CNCCc3ccc4ccncc4c3)[nH]c2-c2ccc3ncnn3c2)n1. The average molecular weight is 461 g/mol. The van der Waals surface area contributed by atoms with Crippen molar-refractivity contribution in [2.75, 3.05) is 6.54 Å². The molecule has 35 heavy (non-hydrogen) atoms. The summed E-state index contributed by atoms with van der Waals surface area (Å²) in [5, 5.41) is 10.2. The number of aryl methyl sites for hydroxylation is 1. The zero-order valence-corrected chi connectivity index (χ0v) is 19.3. The third-order valence-corrected chi connectivity index (χ3v) is 6.03. The average Bonchev–Trinajstić information content (AvgIpc) is 3.53. The van der Waals surface area contributed by atoms with E-state index < -0.39 is 0 Å². The molecule has 1 aromatic carbocycles. The number of benzene rings is 1. The molecule has 0 spiro atoms. The lowest BCUT2D eigenvalue weighted by atomic mass is 10.1. The van der Waals surface area contributed by atoms with Gasteiger partial charge in [-0.1, -0.05) is 18.2 Å². The number of nitrogens with zero attached hydrogens (tertiary/aromatic N) is 6. The molecule has 0 bridgehead atoms. The predicted molar refractivity (Wildman–Crippen MR) is 136 cm³/mol. The van der Waals surface area contributed by atoms with Crippen molar-refractivity contribution in [3.05, 3.63) is 96.6 Å². The van der Waals surface area contributed by atoms with Gasteiger partial charge in [0.1, 0.15) is 17.8 Å². The largest absolute Gasteiger partial charge is 0.340 e. The number of fused-ring (bicyclic) bond motifs is 2. The smallest absolute Gasteiger partial charge is 0.155 e. The maximum absolute atomic E-state index is 4.92. The summed E-state index contributed by atoms with van der Waals surface area (Å²) in [6, 6.07) is 18.5. The van der Waals surface area contributed by atoms with Crippen LogP contribution in [-0.4, -0.2) is 41.1 Å². The summed E-state index contributed by atoms with van der Waals surface area (Å²) in [6.45, 7) is 3.45. The molecule has 0 atom stereocenters. The summed E-state index contributed by atoms with van der Waals surface area (Å²) in [6.07, 6.45) is 8.17. The number of H-pyrrole nitrogens is 1. The van der Waals surface area contributed by atoms with Gasteiger partial charge in [-0.2, -0.15) is 5.10 Å². The highest BCUT2D eigenvalue weighted by Gasteiger charge is 2.16. The first kappa shape index (κ1) is 21.1. The van der Waals surface area contributed by atoms with E-state index in [1.165, 1.54) is 16.3 Å². The fourth-order valence-corrected chi connectivity index (χ4v) is 4.27. The Hall–Kier alpha value is -4.43.